The molecule has 0 saturated carbocycles. The second-order valence-electron chi connectivity index (χ2n) is 7.72. The van der Waals surface area contributed by atoms with Gasteiger partial charge in [-0.2, -0.15) is 8.78 Å². The first kappa shape index (κ1) is 24.1. The molecule has 0 aliphatic heterocycles. The molecular formula is C24H21BrF4O3. The van der Waals surface area contributed by atoms with Crippen LogP contribution in [0.25, 0.3) is 0 Å². The van der Waals surface area contributed by atoms with Crippen LogP contribution in [0.1, 0.15) is 25.0 Å². The molecule has 0 saturated heterocycles. The van der Waals surface area contributed by atoms with Crippen molar-refractivity contribution in [3.63, 3.8) is 0 Å². The van der Waals surface area contributed by atoms with Gasteiger partial charge >= 0.3 is 6.61 Å². The second kappa shape index (κ2) is 10.4. The van der Waals surface area contributed by atoms with Crippen molar-refractivity contribution in [3.05, 3.63) is 87.9 Å². The van der Waals surface area contributed by atoms with Crippen molar-refractivity contribution in [2.45, 2.75) is 32.5 Å². The molecule has 0 spiro atoms. The van der Waals surface area contributed by atoms with Crippen molar-refractivity contribution in [1.82, 2.24) is 0 Å². The van der Waals surface area contributed by atoms with E-state index in [0.29, 0.717) is 21.3 Å². The quantitative estimate of drug-likeness (QED) is 0.276. The van der Waals surface area contributed by atoms with E-state index < -0.39 is 23.7 Å². The van der Waals surface area contributed by atoms with Crippen LogP contribution < -0.4 is 9.47 Å². The Bertz CT molecular complexity index is 1060. The molecule has 0 unspecified atom stereocenters. The van der Waals surface area contributed by atoms with E-state index in [0.717, 1.165) is 0 Å². The van der Waals surface area contributed by atoms with Crippen molar-refractivity contribution in [3.8, 4) is 17.2 Å². The first-order valence-corrected chi connectivity index (χ1v) is 10.5. The van der Waals surface area contributed by atoms with E-state index in [4.69, 9.17) is 9.47 Å². The standard InChI is InChI=1S/C24H21BrF4O3/c1-24(2,19-9-4-16(25)12-21(19)32-23(28)29)14-30-13-15-3-10-20(27)22(11-15)31-18-7-5-17(26)6-8-18/h3-12,23H,13-14H2,1-2H3. The number of alkyl halides is 2. The van der Waals surface area contributed by atoms with Gasteiger partial charge in [-0.3, -0.25) is 0 Å². The lowest BCUT2D eigenvalue weighted by Crippen LogP contribution is -2.25. The van der Waals surface area contributed by atoms with Gasteiger partial charge in [0, 0.05) is 15.5 Å². The van der Waals surface area contributed by atoms with Crippen LogP contribution >= 0.6 is 15.9 Å². The smallest absolute Gasteiger partial charge is 0.387 e. The second-order valence-corrected chi connectivity index (χ2v) is 8.63. The summed E-state index contributed by atoms with van der Waals surface area (Å²) in [4.78, 5) is 0. The fourth-order valence-corrected chi connectivity index (χ4v) is 3.44. The van der Waals surface area contributed by atoms with Crippen molar-refractivity contribution in [2.24, 2.45) is 0 Å². The van der Waals surface area contributed by atoms with Crippen molar-refractivity contribution in [1.29, 1.82) is 0 Å². The van der Waals surface area contributed by atoms with Gasteiger partial charge in [-0.05, 0) is 54.1 Å². The number of benzene rings is 3. The first-order chi connectivity index (χ1) is 15.1. The third kappa shape index (κ3) is 6.46. The Hall–Kier alpha value is -2.58. The summed E-state index contributed by atoms with van der Waals surface area (Å²) >= 11 is 3.26. The van der Waals surface area contributed by atoms with Gasteiger partial charge < -0.3 is 14.2 Å². The molecule has 3 rings (SSSR count). The Morgan fingerprint density at radius 1 is 0.906 bits per heavy atom. The van der Waals surface area contributed by atoms with Crippen LogP contribution in [0.4, 0.5) is 17.6 Å². The molecule has 3 aromatic carbocycles. The SMILES string of the molecule is CC(C)(COCc1ccc(F)c(Oc2ccc(F)cc2)c1)c1ccc(Br)cc1OC(F)F. The highest BCUT2D eigenvalue weighted by atomic mass is 79.9. The lowest BCUT2D eigenvalue weighted by Gasteiger charge is -2.27. The minimum absolute atomic E-state index is 0.0162. The summed E-state index contributed by atoms with van der Waals surface area (Å²) in [5, 5.41) is 0. The predicted octanol–water partition coefficient (Wildman–Crippen LogP) is 7.62. The highest BCUT2D eigenvalue weighted by Gasteiger charge is 2.26. The van der Waals surface area contributed by atoms with Crippen molar-refractivity contribution >= 4 is 15.9 Å². The van der Waals surface area contributed by atoms with Crippen molar-refractivity contribution in [2.75, 3.05) is 6.61 Å². The highest BCUT2D eigenvalue weighted by Crippen LogP contribution is 2.35. The van der Waals surface area contributed by atoms with Crippen LogP contribution in [0.2, 0.25) is 0 Å². The first-order valence-electron chi connectivity index (χ1n) is 9.68. The Morgan fingerprint density at radius 2 is 1.62 bits per heavy atom. The monoisotopic (exact) mass is 512 g/mol. The third-order valence-electron chi connectivity index (χ3n) is 4.66. The fourth-order valence-electron chi connectivity index (χ4n) is 3.10. The van der Waals surface area contributed by atoms with Gasteiger partial charge in [0.1, 0.15) is 17.3 Å². The van der Waals surface area contributed by atoms with Gasteiger partial charge in [0.15, 0.2) is 11.6 Å². The Kier molecular flexibility index (Phi) is 7.79. The van der Waals surface area contributed by atoms with E-state index in [1.54, 1.807) is 18.2 Å². The predicted molar refractivity (Wildman–Crippen MR) is 116 cm³/mol. The molecule has 0 atom stereocenters. The summed E-state index contributed by atoms with van der Waals surface area (Å²) in [7, 11) is 0. The lowest BCUT2D eigenvalue weighted by molar-refractivity contribution is -0.0514. The van der Waals surface area contributed by atoms with Gasteiger partial charge in [-0.1, -0.05) is 41.9 Å². The van der Waals surface area contributed by atoms with E-state index in [-0.39, 0.29) is 24.7 Å². The molecule has 3 nitrogen and oxygen atoms in total. The van der Waals surface area contributed by atoms with Gasteiger partial charge in [-0.25, -0.2) is 8.78 Å². The molecule has 0 aliphatic rings. The summed E-state index contributed by atoms with van der Waals surface area (Å²) in [5.41, 5.74) is 0.581. The average Bonchev–Trinajstić information content (AvgIpc) is 2.71. The molecule has 0 bridgehead atoms. The van der Waals surface area contributed by atoms with E-state index in [2.05, 4.69) is 20.7 Å². The molecule has 0 N–H and O–H groups in total. The Balaban J connectivity index is 1.67. The minimum atomic E-state index is -2.95. The normalized spacial score (nSPS) is 11.6. The van der Waals surface area contributed by atoms with Gasteiger partial charge in [0.25, 0.3) is 0 Å². The third-order valence-corrected chi connectivity index (χ3v) is 5.15. The number of halogens is 5. The van der Waals surface area contributed by atoms with Crippen molar-refractivity contribution < 1.29 is 31.8 Å². The van der Waals surface area contributed by atoms with Crippen LogP contribution in [-0.4, -0.2) is 13.2 Å². The number of ether oxygens (including phenoxy) is 3. The van der Waals surface area contributed by atoms with Crippen LogP contribution in [0.15, 0.2) is 65.1 Å². The molecule has 0 fully saturated rings. The summed E-state index contributed by atoms with van der Waals surface area (Å²) in [5.74, 6) is -0.638. The number of hydrogen-bond acceptors (Lipinski definition) is 3. The largest absolute Gasteiger partial charge is 0.454 e. The van der Waals surface area contributed by atoms with Crippen LogP contribution in [0, 0.1) is 11.6 Å². The summed E-state index contributed by atoms with van der Waals surface area (Å²) in [6, 6.07) is 14.5. The molecule has 0 aliphatic carbocycles. The van der Waals surface area contributed by atoms with Gasteiger partial charge in [0.05, 0.1) is 13.2 Å². The maximum Gasteiger partial charge on any atom is 0.387 e. The maximum atomic E-state index is 14.1. The highest BCUT2D eigenvalue weighted by molar-refractivity contribution is 9.10. The molecule has 8 heteroatoms. The average molecular weight is 513 g/mol. The molecule has 0 aromatic heterocycles. The van der Waals surface area contributed by atoms with Gasteiger partial charge in [-0.15, -0.1) is 0 Å². The zero-order valence-corrected chi connectivity index (χ0v) is 19.0. The zero-order chi connectivity index (χ0) is 23.3. The topological polar surface area (TPSA) is 27.7 Å². The Morgan fingerprint density at radius 3 is 2.31 bits per heavy atom. The molecule has 0 heterocycles. The molecule has 3 aromatic rings. The zero-order valence-electron chi connectivity index (χ0n) is 17.4. The summed E-state index contributed by atoms with van der Waals surface area (Å²) in [6.45, 7) is 1.09. The molecule has 0 radical (unpaired) electrons. The van der Waals surface area contributed by atoms with E-state index in [1.165, 1.54) is 42.5 Å². The molecule has 32 heavy (non-hydrogen) atoms. The minimum Gasteiger partial charge on any atom is -0.454 e. The molecular weight excluding hydrogens is 492 g/mol. The summed E-state index contributed by atoms with van der Waals surface area (Å²) < 4.78 is 69.4. The fraction of sp³-hybridized carbons (Fsp3) is 0.250. The lowest BCUT2D eigenvalue weighted by atomic mass is 9.85. The molecule has 170 valence electrons. The summed E-state index contributed by atoms with van der Waals surface area (Å²) in [6.07, 6.45) is 0. The van der Waals surface area contributed by atoms with Crippen LogP contribution in [0.3, 0.4) is 0 Å². The van der Waals surface area contributed by atoms with Crippen LogP contribution in [0.5, 0.6) is 17.2 Å². The molecule has 0 amide bonds. The maximum absolute atomic E-state index is 14.1. The van der Waals surface area contributed by atoms with Crippen LogP contribution in [-0.2, 0) is 16.8 Å². The van der Waals surface area contributed by atoms with E-state index in [9.17, 15) is 17.6 Å². The van der Waals surface area contributed by atoms with E-state index >= 15 is 0 Å². The number of rotatable bonds is 9. The Labute approximate surface area is 192 Å². The number of hydrogen-bond donors (Lipinski definition) is 0. The van der Waals surface area contributed by atoms with Gasteiger partial charge in [0.2, 0.25) is 0 Å². The van der Waals surface area contributed by atoms with E-state index in [1.807, 2.05) is 13.8 Å².